The average Bonchev–Trinajstić information content (AvgIpc) is 2.99. The molecule has 0 spiro atoms. The molecule has 5 rings (SSSR count). The van der Waals surface area contributed by atoms with Crippen LogP contribution in [0.2, 0.25) is 0 Å². The lowest BCUT2D eigenvalue weighted by Gasteiger charge is -2.51. The van der Waals surface area contributed by atoms with E-state index in [0.717, 1.165) is 19.4 Å². The molecule has 2 bridgehead atoms. The number of hydrogen-bond acceptors (Lipinski definition) is 6. The molecule has 158 valence electrons. The standard InChI is InChI=1S/C18H30F2N6O2/c1-8-2-4-21-13-10(20)7-23-11-6-9(19)17(24-14(11)13)26-15-12(28-8)3-5-22-16(15)25-18(26)27/h8-17,21-24H,2-7H2,1H3,(H,25,27)/t8-,9?,10?,11?,12?,13?,14?,15?,16?,17?/m1/s1. The Morgan fingerprint density at radius 1 is 1.07 bits per heavy atom. The van der Waals surface area contributed by atoms with Crippen molar-refractivity contribution in [2.75, 3.05) is 19.6 Å². The zero-order chi connectivity index (χ0) is 19.4. The van der Waals surface area contributed by atoms with Crippen molar-refractivity contribution in [1.82, 2.24) is 31.5 Å². The van der Waals surface area contributed by atoms with Gasteiger partial charge < -0.3 is 20.7 Å². The highest BCUT2D eigenvalue weighted by Gasteiger charge is 2.55. The number of nitrogens with zero attached hydrogens (tertiary/aromatic N) is 1. The minimum atomic E-state index is -1.24. The van der Waals surface area contributed by atoms with E-state index >= 15 is 4.39 Å². The van der Waals surface area contributed by atoms with E-state index in [1.807, 2.05) is 6.92 Å². The van der Waals surface area contributed by atoms with Crippen molar-refractivity contribution >= 4 is 6.03 Å². The van der Waals surface area contributed by atoms with Gasteiger partial charge in [-0.2, -0.15) is 0 Å². The van der Waals surface area contributed by atoms with Crippen LogP contribution in [-0.4, -0.2) is 91.6 Å². The third-order valence-corrected chi connectivity index (χ3v) is 6.96. The van der Waals surface area contributed by atoms with Gasteiger partial charge in [0.15, 0.2) is 0 Å². The van der Waals surface area contributed by atoms with Crippen LogP contribution in [0, 0.1) is 0 Å². The molecule has 5 heterocycles. The summed E-state index contributed by atoms with van der Waals surface area (Å²) in [5, 5.41) is 16.0. The van der Waals surface area contributed by atoms with Crippen molar-refractivity contribution in [3.63, 3.8) is 0 Å². The molecule has 5 fully saturated rings. The number of rotatable bonds is 0. The zero-order valence-electron chi connectivity index (χ0n) is 16.0. The van der Waals surface area contributed by atoms with Crippen molar-refractivity contribution in [1.29, 1.82) is 0 Å². The number of ether oxygens (including phenoxy) is 1. The Bertz CT molecular complexity index is 615. The molecular weight excluding hydrogens is 370 g/mol. The highest BCUT2D eigenvalue weighted by atomic mass is 19.1. The van der Waals surface area contributed by atoms with Crippen LogP contribution in [0.25, 0.3) is 0 Å². The fourth-order valence-corrected chi connectivity index (χ4v) is 5.61. The van der Waals surface area contributed by atoms with Crippen LogP contribution >= 0.6 is 0 Å². The lowest BCUT2D eigenvalue weighted by molar-refractivity contribution is -0.0859. The Morgan fingerprint density at radius 2 is 1.89 bits per heavy atom. The molecule has 0 aliphatic carbocycles. The first kappa shape index (κ1) is 18.9. The van der Waals surface area contributed by atoms with Crippen LogP contribution in [0.5, 0.6) is 0 Å². The van der Waals surface area contributed by atoms with E-state index in [-0.39, 0.29) is 55.5 Å². The third kappa shape index (κ3) is 3.09. The summed E-state index contributed by atoms with van der Waals surface area (Å²) in [5.41, 5.74) is 0. The minimum Gasteiger partial charge on any atom is -0.373 e. The van der Waals surface area contributed by atoms with E-state index in [1.165, 1.54) is 0 Å². The minimum absolute atomic E-state index is 0.0298. The molecule has 10 heteroatoms. The molecule has 5 aliphatic rings. The number of halogens is 2. The van der Waals surface area contributed by atoms with Gasteiger partial charge in [-0.3, -0.25) is 15.5 Å². The Balaban J connectivity index is 1.50. The van der Waals surface area contributed by atoms with Crippen LogP contribution in [0.4, 0.5) is 13.6 Å². The maximum atomic E-state index is 15.2. The summed E-state index contributed by atoms with van der Waals surface area (Å²) in [6.45, 7) is 3.60. The maximum Gasteiger partial charge on any atom is 0.320 e. The molecule has 5 aliphatic heterocycles. The third-order valence-electron chi connectivity index (χ3n) is 6.96. The largest absolute Gasteiger partial charge is 0.373 e. The molecule has 28 heavy (non-hydrogen) atoms. The maximum absolute atomic E-state index is 15.2. The van der Waals surface area contributed by atoms with Crippen molar-refractivity contribution in [3.05, 3.63) is 0 Å². The number of piperidine rings is 3. The lowest BCUT2D eigenvalue weighted by atomic mass is 9.84. The van der Waals surface area contributed by atoms with Gasteiger partial charge in [0, 0.05) is 18.6 Å². The normalized spacial score (nSPS) is 51.5. The Labute approximate surface area is 163 Å². The van der Waals surface area contributed by atoms with Crippen molar-refractivity contribution < 1.29 is 18.3 Å². The molecule has 8 nitrogen and oxygen atoms in total. The van der Waals surface area contributed by atoms with Crippen molar-refractivity contribution in [2.45, 2.75) is 87.2 Å². The summed E-state index contributed by atoms with van der Waals surface area (Å²) >= 11 is 0. The summed E-state index contributed by atoms with van der Waals surface area (Å²) in [6, 6.07) is -1.45. The predicted octanol–water partition coefficient (Wildman–Crippen LogP) is -0.829. The molecule has 5 N–H and O–H groups in total. The number of hydrogen-bond donors (Lipinski definition) is 5. The van der Waals surface area contributed by atoms with Gasteiger partial charge in [0.25, 0.3) is 0 Å². The van der Waals surface area contributed by atoms with Gasteiger partial charge in [0.05, 0.1) is 24.3 Å². The summed E-state index contributed by atoms with van der Waals surface area (Å²) in [5.74, 6) is 0. The second-order valence-corrected chi connectivity index (χ2v) is 8.74. The number of nitrogens with one attached hydrogen (secondary N) is 5. The number of carbonyl (C=O) groups excluding carboxylic acids is 1. The number of urea groups is 1. The van der Waals surface area contributed by atoms with E-state index in [9.17, 15) is 9.18 Å². The smallest absolute Gasteiger partial charge is 0.320 e. The molecule has 9 unspecified atom stereocenters. The number of carbonyl (C=O) groups is 1. The van der Waals surface area contributed by atoms with Gasteiger partial charge >= 0.3 is 6.03 Å². The van der Waals surface area contributed by atoms with Gasteiger partial charge in [0.1, 0.15) is 24.7 Å². The highest BCUT2D eigenvalue weighted by Crippen LogP contribution is 2.33. The predicted molar refractivity (Wildman–Crippen MR) is 98.2 cm³/mol. The molecule has 5 saturated heterocycles. The number of alkyl halides is 2. The second kappa shape index (κ2) is 7.32. The summed E-state index contributed by atoms with van der Waals surface area (Å²) in [7, 11) is 0. The topological polar surface area (TPSA) is 89.7 Å². The second-order valence-electron chi connectivity index (χ2n) is 8.74. The van der Waals surface area contributed by atoms with E-state index in [2.05, 4.69) is 26.6 Å². The zero-order valence-corrected chi connectivity index (χ0v) is 16.0. The fourth-order valence-electron chi connectivity index (χ4n) is 5.61. The molecule has 2 amide bonds. The SMILES string of the molecule is C[C@@H]1CCNC2C(F)CNC3CC(F)C(NC32)N2C(=O)NC3NCCC(O1)C32. The quantitative estimate of drug-likeness (QED) is 0.365. The van der Waals surface area contributed by atoms with Crippen molar-refractivity contribution in [3.8, 4) is 0 Å². The Morgan fingerprint density at radius 3 is 2.75 bits per heavy atom. The average molecular weight is 400 g/mol. The summed E-state index contributed by atoms with van der Waals surface area (Å²) in [6.07, 6.45) is -1.80. The molecule has 0 saturated carbocycles. The van der Waals surface area contributed by atoms with E-state index < -0.39 is 24.6 Å². The lowest BCUT2D eigenvalue weighted by Crippen LogP contribution is -2.76. The molecular formula is C18H30F2N6O2. The summed E-state index contributed by atoms with van der Waals surface area (Å²) in [4.78, 5) is 14.4. The van der Waals surface area contributed by atoms with Crippen LogP contribution in [0.15, 0.2) is 0 Å². The molecule has 0 aromatic heterocycles. The molecule has 0 radical (unpaired) electrons. The van der Waals surface area contributed by atoms with Crippen LogP contribution in [0.1, 0.15) is 26.2 Å². The van der Waals surface area contributed by atoms with Gasteiger partial charge in [-0.05, 0) is 39.3 Å². The monoisotopic (exact) mass is 400 g/mol. The first-order valence-electron chi connectivity index (χ1n) is 10.5. The van der Waals surface area contributed by atoms with Gasteiger partial charge in [0.2, 0.25) is 0 Å². The van der Waals surface area contributed by atoms with E-state index in [0.29, 0.717) is 6.54 Å². The fraction of sp³-hybridized carbons (Fsp3) is 0.944. The van der Waals surface area contributed by atoms with Gasteiger partial charge in [-0.15, -0.1) is 0 Å². The first-order chi connectivity index (χ1) is 13.5. The first-order valence-corrected chi connectivity index (χ1v) is 10.5. The van der Waals surface area contributed by atoms with E-state index in [4.69, 9.17) is 4.74 Å². The number of amides is 2. The molecule has 0 aromatic carbocycles. The van der Waals surface area contributed by atoms with E-state index in [1.54, 1.807) is 4.90 Å². The summed E-state index contributed by atoms with van der Waals surface area (Å²) < 4.78 is 36.2. The molecule has 10 atom stereocenters. The van der Waals surface area contributed by atoms with Gasteiger partial charge in [-0.25, -0.2) is 13.6 Å². The Hall–Kier alpha value is -1.07. The highest BCUT2D eigenvalue weighted by molar-refractivity contribution is 5.78. The number of fused-ring (bicyclic) bond motifs is 2. The van der Waals surface area contributed by atoms with Crippen LogP contribution < -0.4 is 26.6 Å². The van der Waals surface area contributed by atoms with Crippen LogP contribution in [-0.2, 0) is 4.74 Å². The van der Waals surface area contributed by atoms with Crippen LogP contribution in [0.3, 0.4) is 0 Å². The van der Waals surface area contributed by atoms with Gasteiger partial charge in [-0.1, -0.05) is 0 Å². The molecule has 0 aromatic rings. The van der Waals surface area contributed by atoms with Crippen molar-refractivity contribution in [2.24, 2.45) is 0 Å². The Kier molecular flexibility index (Phi) is 4.95.